The summed E-state index contributed by atoms with van der Waals surface area (Å²) in [5, 5.41) is 0. The Morgan fingerprint density at radius 3 is 2.08 bits per heavy atom. The quantitative estimate of drug-likeness (QED) is 0.355. The van der Waals surface area contributed by atoms with Crippen molar-refractivity contribution in [3.05, 3.63) is 53.9 Å². The van der Waals surface area contributed by atoms with Gasteiger partial charge in [0.25, 0.3) is 0 Å². The summed E-state index contributed by atoms with van der Waals surface area (Å²) in [6, 6.07) is 5.27. The summed E-state index contributed by atoms with van der Waals surface area (Å²) in [6.07, 6.45) is 7.59. The summed E-state index contributed by atoms with van der Waals surface area (Å²) in [4.78, 5) is 9.78. The molecule has 4 heterocycles. The summed E-state index contributed by atoms with van der Waals surface area (Å²) in [5.41, 5.74) is 3.83. The van der Waals surface area contributed by atoms with Crippen molar-refractivity contribution < 1.29 is 13.2 Å². The lowest BCUT2D eigenvalue weighted by Gasteiger charge is -2.38. The van der Waals surface area contributed by atoms with Crippen LogP contribution in [-0.2, 0) is 6.18 Å². The number of hydrogen-bond donors (Lipinski definition) is 0. The largest absolute Gasteiger partial charge is 0.416 e. The van der Waals surface area contributed by atoms with Gasteiger partial charge in [-0.15, -0.1) is 0 Å². The molecule has 0 bridgehead atoms. The van der Waals surface area contributed by atoms with Crippen LogP contribution >= 0.6 is 0 Å². The second-order valence-corrected chi connectivity index (χ2v) is 13.1. The minimum absolute atomic E-state index is 0.235. The second-order valence-electron chi connectivity index (χ2n) is 13.1. The first-order valence-electron chi connectivity index (χ1n) is 15.9. The van der Waals surface area contributed by atoms with Crippen LogP contribution in [0.15, 0.2) is 42.8 Å². The van der Waals surface area contributed by atoms with Gasteiger partial charge in [0.05, 0.1) is 5.56 Å². The number of nitrogens with zero attached hydrogens (tertiary/aromatic N) is 4. The van der Waals surface area contributed by atoms with E-state index in [9.17, 15) is 13.2 Å². The van der Waals surface area contributed by atoms with E-state index >= 15 is 0 Å². The maximum Gasteiger partial charge on any atom is 0.416 e. The lowest BCUT2D eigenvalue weighted by Crippen LogP contribution is -2.37. The number of anilines is 1. The van der Waals surface area contributed by atoms with Crippen molar-refractivity contribution in [1.29, 1.82) is 0 Å². The predicted octanol–water partition coefficient (Wildman–Crippen LogP) is 7.10. The van der Waals surface area contributed by atoms with Crippen LogP contribution in [0.2, 0.25) is 0 Å². The highest BCUT2D eigenvalue weighted by atomic mass is 19.4. The fraction of sp³-hybridized carbons (Fsp3) is 0.697. The minimum Gasteiger partial charge on any atom is -0.375 e. The van der Waals surface area contributed by atoms with E-state index in [-0.39, 0.29) is 5.92 Å². The van der Waals surface area contributed by atoms with Crippen molar-refractivity contribution in [3.8, 4) is 0 Å². The van der Waals surface area contributed by atoms with E-state index in [1.165, 1.54) is 75.0 Å². The Kier molecular flexibility index (Phi) is 8.13. The Balaban J connectivity index is 1.13. The van der Waals surface area contributed by atoms with Gasteiger partial charge in [-0.3, -0.25) is 4.90 Å². The molecule has 220 valence electrons. The maximum atomic E-state index is 13.8. The number of rotatable bonds is 7. The third kappa shape index (κ3) is 5.77. The van der Waals surface area contributed by atoms with Crippen molar-refractivity contribution >= 4 is 5.69 Å². The van der Waals surface area contributed by atoms with Crippen LogP contribution < -0.4 is 4.90 Å². The zero-order valence-corrected chi connectivity index (χ0v) is 24.1. The highest BCUT2D eigenvalue weighted by Crippen LogP contribution is 2.42. The molecule has 2 atom stereocenters. The predicted molar refractivity (Wildman–Crippen MR) is 156 cm³/mol. The molecule has 5 fully saturated rings. The molecule has 0 amide bonds. The summed E-state index contributed by atoms with van der Waals surface area (Å²) >= 11 is 0. The fourth-order valence-corrected chi connectivity index (χ4v) is 8.25. The lowest BCUT2D eigenvalue weighted by atomic mass is 9.90. The molecule has 4 nitrogen and oxygen atoms in total. The number of benzene rings is 1. The van der Waals surface area contributed by atoms with Crippen molar-refractivity contribution in [2.75, 3.05) is 57.3 Å². The Labute approximate surface area is 238 Å². The number of likely N-dealkylation sites (tertiary alicyclic amines) is 3. The first kappa shape index (κ1) is 28.0. The van der Waals surface area contributed by atoms with Gasteiger partial charge >= 0.3 is 6.18 Å². The summed E-state index contributed by atoms with van der Waals surface area (Å²) in [5.74, 6) is 1.18. The smallest absolute Gasteiger partial charge is 0.375 e. The Bertz CT molecular complexity index is 1060. The van der Waals surface area contributed by atoms with Crippen molar-refractivity contribution in [2.45, 2.75) is 82.3 Å². The van der Waals surface area contributed by atoms with Crippen LogP contribution in [0, 0.1) is 11.8 Å². The molecule has 0 aromatic heterocycles. The third-order valence-electron chi connectivity index (χ3n) is 10.7. The number of piperidine rings is 1. The van der Waals surface area contributed by atoms with E-state index in [1.54, 1.807) is 6.07 Å². The molecule has 5 aliphatic rings. The van der Waals surface area contributed by atoms with E-state index in [1.807, 2.05) is 0 Å². The molecule has 0 radical (unpaired) electrons. The average Bonchev–Trinajstić information content (AvgIpc) is 3.78. The highest BCUT2D eigenvalue weighted by molar-refractivity contribution is 5.58. The Morgan fingerprint density at radius 2 is 1.38 bits per heavy atom. The van der Waals surface area contributed by atoms with E-state index in [0.717, 1.165) is 82.4 Å². The molecule has 7 heteroatoms. The Morgan fingerprint density at radius 1 is 0.700 bits per heavy atom. The van der Waals surface area contributed by atoms with E-state index in [2.05, 4.69) is 32.8 Å². The van der Waals surface area contributed by atoms with Gasteiger partial charge in [-0.2, -0.15) is 13.2 Å². The number of allylic oxidation sites excluding steroid dienone is 1. The molecule has 1 aliphatic carbocycles. The zero-order chi connectivity index (χ0) is 27.9. The fourth-order valence-electron chi connectivity index (χ4n) is 8.25. The van der Waals surface area contributed by atoms with Gasteiger partial charge in [0.1, 0.15) is 0 Å². The van der Waals surface area contributed by atoms with Crippen molar-refractivity contribution in [1.82, 2.24) is 14.7 Å². The molecule has 2 unspecified atom stereocenters. The second kappa shape index (κ2) is 11.6. The van der Waals surface area contributed by atoms with Gasteiger partial charge in [-0.05, 0) is 75.6 Å². The van der Waals surface area contributed by atoms with Crippen molar-refractivity contribution in [2.24, 2.45) is 11.8 Å². The molecule has 1 saturated carbocycles. The molecule has 4 saturated heterocycles. The monoisotopic (exact) mass is 556 g/mol. The number of halogens is 3. The molecule has 0 spiro atoms. The van der Waals surface area contributed by atoms with Crippen LogP contribution in [-0.4, -0.2) is 73.1 Å². The van der Waals surface area contributed by atoms with Gasteiger partial charge in [0.2, 0.25) is 0 Å². The Hall–Kier alpha value is -2.15. The topological polar surface area (TPSA) is 13.0 Å². The molecule has 40 heavy (non-hydrogen) atoms. The maximum absolute atomic E-state index is 13.8. The molecular weight excluding hydrogens is 509 g/mol. The van der Waals surface area contributed by atoms with Crippen LogP contribution in [0.4, 0.5) is 18.9 Å². The number of alkyl halides is 3. The van der Waals surface area contributed by atoms with Gasteiger partial charge in [0.15, 0.2) is 0 Å². The molecule has 1 aromatic rings. The summed E-state index contributed by atoms with van der Waals surface area (Å²) < 4.78 is 41.4. The zero-order valence-electron chi connectivity index (χ0n) is 24.1. The molecule has 0 N–H and O–H groups in total. The van der Waals surface area contributed by atoms with Gasteiger partial charge in [-0.25, -0.2) is 0 Å². The first-order valence-corrected chi connectivity index (χ1v) is 15.9. The van der Waals surface area contributed by atoms with Gasteiger partial charge in [0, 0.05) is 86.7 Å². The summed E-state index contributed by atoms with van der Waals surface area (Å²) in [6.45, 7) is 16.8. The van der Waals surface area contributed by atoms with E-state index in [4.69, 9.17) is 0 Å². The van der Waals surface area contributed by atoms with Crippen LogP contribution in [0.3, 0.4) is 0 Å². The lowest BCUT2D eigenvalue weighted by molar-refractivity contribution is -0.137. The van der Waals surface area contributed by atoms with Gasteiger partial charge in [-0.1, -0.05) is 32.1 Å². The third-order valence-corrected chi connectivity index (χ3v) is 10.7. The molecule has 4 aliphatic heterocycles. The van der Waals surface area contributed by atoms with E-state index < -0.39 is 11.7 Å². The first-order chi connectivity index (χ1) is 19.3. The number of hydrogen-bond acceptors (Lipinski definition) is 4. The minimum atomic E-state index is -4.33. The molecule has 1 aromatic carbocycles. The SMILES string of the molecule is C=C(C1CCN(c2cc(C(F)(F)F)ccc2C2CCN(C(=C)C3CCN(C4CCCC4)C3)C2)CC1)N1CCCC1. The van der Waals surface area contributed by atoms with Gasteiger partial charge < -0.3 is 14.7 Å². The highest BCUT2D eigenvalue weighted by Gasteiger charge is 2.37. The summed E-state index contributed by atoms with van der Waals surface area (Å²) in [7, 11) is 0. The standard InChI is InChI=1S/C33H47F3N4/c1-24(37-15-5-6-16-37)26-11-17-38(18-12-26)32-21-29(33(34,35)36)9-10-31(32)28-14-19-39(23-28)25(2)27-13-20-40(22-27)30-7-3-4-8-30/h9-10,21,26-28,30H,1-8,11-20,22-23H2. The normalized spacial score (nSPS) is 27.3. The average molecular weight is 557 g/mol. The van der Waals surface area contributed by atoms with Crippen molar-refractivity contribution in [3.63, 3.8) is 0 Å². The van der Waals surface area contributed by atoms with E-state index in [0.29, 0.717) is 11.8 Å². The van der Waals surface area contributed by atoms with Crippen LogP contribution in [0.1, 0.15) is 81.3 Å². The van der Waals surface area contributed by atoms with Crippen LogP contribution in [0.25, 0.3) is 0 Å². The van der Waals surface area contributed by atoms with Crippen LogP contribution in [0.5, 0.6) is 0 Å². The molecule has 6 rings (SSSR count). The molecular formula is C33H47F3N4.